The molecule has 3 heterocycles. The van der Waals surface area contributed by atoms with E-state index in [2.05, 4.69) is 71.1 Å². The quantitative estimate of drug-likeness (QED) is 0.369. The topological polar surface area (TPSA) is 50.7 Å². The average Bonchev–Trinajstić information content (AvgIpc) is 3.23. The molecule has 146 valence electrons. The highest BCUT2D eigenvalue weighted by Gasteiger charge is 2.16. The van der Waals surface area contributed by atoms with Crippen molar-refractivity contribution in [2.75, 3.05) is 5.32 Å². The van der Waals surface area contributed by atoms with Gasteiger partial charge in [-0.15, -0.1) is 11.3 Å². The molecule has 0 saturated heterocycles. The van der Waals surface area contributed by atoms with Crippen LogP contribution in [0.1, 0.15) is 11.1 Å². The summed E-state index contributed by atoms with van der Waals surface area (Å²) in [5.41, 5.74) is 5.55. The maximum atomic E-state index is 4.89. The fourth-order valence-electron chi connectivity index (χ4n) is 3.52. The number of fused-ring (bicyclic) bond motifs is 1. The first-order chi connectivity index (χ1) is 14.8. The van der Waals surface area contributed by atoms with Gasteiger partial charge in [0.1, 0.15) is 16.3 Å². The van der Waals surface area contributed by atoms with E-state index in [9.17, 15) is 0 Å². The molecule has 0 saturated carbocycles. The van der Waals surface area contributed by atoms with Crippen LogP contribution in [0.2, 0.25) is 0 Å². The van der Waals surface area contributed by atoms with Crippen molar-refractivity contribution in [1.29, 1.82) is 0 Å². The Labute approximate surface area is 179 Å². The Hall–Kier alpha value is -3.57. The molecule has 1 N–H and O–H groups in total. The molecule has 0 fully saturated rings. The number of nitrogens with zero attached hydrogens (tertiary/aromatic N) is 3. The second-order valence-corrected chi connectivity index (χ2v) is 8.01. The minimum absolute atomic E-state index is 0.635. The van der Waals surface area contributed by atoms with Crippen LogP contribution in [0.4, 0.5) is 5.82 Å². The van der Waals surface area contributed by atoms with Gasteiger partial charge in [-0.25, -0.2) is 9.97 Å². The molecule has 0 amide bonds. The van der Waals surface area contributed by atoms with Crippen molar-refractivity contribution in [3.63, 3.8) is 0 Å². The maximum Gasteiger partial charge on any atom is 0.181 e. The first-order valence-electron chi connectivity index (χ1n) is 9.83. The van der Waals surface area contributed by atoms with Gasteiger partial charge in [-0.2, -0.15) is 0 Å². The van der Waals surface area contributed by atoms with E-state index < -0.39 is 0 Å². The van der Waals surface area contributed by atoms with Crippen LogP contribution in [0, 0.1) is 6.92 Å². The highest BCUT2D eigenvalue weighted by atomic mass is 32.1. The Morgan fingerprint density at radius 3 is 2.57 bits per heavy atom. The molecular formula is C25H20N4S. The maximum absolute atomic E-state index is 4.89. The number of anilines is 1. The Morgan fingerprint density at radius 1 is 0.900 bits per heavy atom. The van der Waals surface area contributed by atoms with Crippen LogP contribution in [-0.2, 0) is 6.54 Å². The van der Waals surface area contributed by atoms with Crippen LogP contribution in [0.3, 0.4) is 0 Å². The van der Waals surface area contributed by atoms with Crippen LogP contribution in [0.25, 0.3) is 32.9 Å². The third-order valence-electron chi connectivity index (χ3n) is 4.95. The molecule has 0 aliphatic carbocycles. The van der Waals surface area contributed by atoms with E-state index in [1.165, 1.54) is 11.1 Å². The molecule has 0 radical (unpaired) electrons. The number of hydrogen-bond acceptors (Lipinski definition) is 5. The van der Waals surface area contributed by atoms with Gasteiger partial charge in [-0.1, -0.05) is 66.2 Å². The molecule has 2 aromatic carbocycles. The largest absolute Gasteiger partial charge is 0.365 e. The summed E-state index contributed by atoms with van der Waals surface area (Å²) in [7, 11) is 0. The van der Waals surface area contributed by atoms with E-state index in [-0.39, 0.29) is 0 Å². The number of benzene rings is 2. The molecule has 0 atom stereocenters. The summed E-state index contributed by atoms with van der Waals surface area (Å²) in [5, 5.41) is 6.78. The lowest BCUT2D eigenvalue weighted by molar-refractivity contribution is 1.10. The van der Waals surface area contributed by atoms with Crippen molar-refractivity contribution in [3.8, 4) is 22.6 Å². The number of thiophene rings is 1. The summed E-state index contributed by atoms with van der Waals surface area (Å²) in [6.07, 6.45) is 1.77. The van der Waals surface area contributed by atoms with Crippen molar-refractivity contribution in [2.24, 2.45) is 0 Å². The molecule has 0 bridgehead atoms. The van der Waals surface area contributed by atoms with Crippen molar-refractivity contribution < 1.29 is 0 Å². The molecule has 0 spiro atoms. The summed E-state index contributed by atoms with van der Waals surface area (Å²) >= 11 is 1.64. The zero-order chi connectivity index (χ0) is 20.3. The number of pyridine rings is 1. The fraction of sp³-hybridized carbons (Fsp3) is 0.0800. The highest BCUT2D eigenvalue weighted by Crippen LogP contribution is 2.38. The van der Waals surface area contributed by atoms with Crippen LogP contribution in [0.5, 0.6) is 0 Å². The van der Waals surface area contributed by atoms with Crippen molar-refractivity contribution in [3.05, 3.63) is 95.5 Å². The predicted molar refractivity (Wildman–Crippen MR) is 125 cm³/mol. The summed E-state index contributed by atoms with van der Waals surface area (Å²) < 4.78 is 0. The van der Waals surface area contributed by atoms with Crippen LogP contribution in [-0.4, -0.2) is 15.0 Å². The lowest BCUT2D eigenvalue weighted by Gasteiger charge is -2.11. The smallest absolute Gasteiger partial charge is 0.181 e. The number of nitrogens with one attached hydrogen (secondary N) is 1. The molecule has 0 aliphatic heterocycles. The second-order valence-electron chi connectivity index (χ2n) is 7.15. The first-order valence-corrected chi connectivity index (χ1v) is 10.7. The standard InChI is InChI=1S/C25H20N4S/c1-17-8-7-9-18(14-17)15-27-24-22-20(19-10-3-2-4-11-19)16-30-25(22)29-23(28-24)21-12-5-6-13-26-21/h2-14,16H,15H2,1H3,(H,27,28,29). The van der Waals surface area contributed by atoms with Gasteiger partial charge in [0.2, 0.25) is 0 Å². The lowest BCUT2D eigenvalue weighted by Crippen LogP contribution is -2.04. The fourth-order valence-corrected chi connectivity index (χ4v) is 4.46. The summed E-state index contributed by atoms with van der Waals surface area (Å²) in [4.78, 5) is 15.1. The normalized spacial score (nSPS) is 11.0. The van der Waals surface area contributed by atoms with Crippen molar-refractivity contribution in [1.82, 2.24) is 15.0 Å². The molecule has 0 unspecified atom stereocenters. The summed E-state index contributed by atoms with van der Waals surface area (Å²) in [6, 6.07) is 24.7. The van der Waals surface area contributed by atoms with Gasteiger partial charge >= 0.3 is 0 Å². The Balaban J connectivity index is 1.63. The van der Waals surface area contributed by atoms with Gasteiger partial charge in [-0.05, 0) is 30.2 Å². The minimum atomic E-state index is 0.635. The molecule has 30 heavy (non-hydrogen) atoms. The Bertz CT molecular complexity index is 1300. The second kappa shape index (κ2) is 8.05. The van der Waals surface area contributed by atoms with Crippen LogP contribution < -0.4 is 5.32 Å². The average molecular weight is 409 g/mol. The zero-order valence-corrected chi connectivity index (χ0v) is 17.4. The van der Waals surface area contributed by atoms with E-state index in [0.717, 1.165) is 32.9 Å². The van der Waals surface area contributed by atoms with Crippen LogP contribution in [0.15, 0.2) is 84.4 Å². The number of aromatic nitrogens is 3. The van der Waals surface area contributed by atoms with Crippen LogP contribution >= 0.6 is 11.3 Å². The highest BCUT2D eigenvalue weighted by molar-refractivity contribution is 7.17. The predicted octanol–water partition coefficient (Wildman–Crippen LogP) is 6.34. The molecule has 5 heteroatoms. The monoisotopic (exact) mass is 408 g/mol. The van der Waals surface area contributed by atoms with E-state index in [0.29, 0.717) is 12.4 Å². The van der Waals surface area contributed by atoms with E-state index in [1.54, 1.807) is 17.5 Å². The van der Waals surface area contributed by atoms with Gasteiger partial charge in [0.25, 0.3) is 0 Å². The molecule has 4 nitrogen and oxygen atoms in total. The molecule has 5 aromatic rings. The molecule has 0 aliphatic rings. The lowest BCUT2D eigenvalue weighted by atomic mass is 10.1. The van der Waals surface area contributed by atoms with Gasteiger partial charge in [0.15, 0.2) is 5.82 Å². The van der Waals surface area contributed by atoms with Gasteiger partial charge in [-0.3, -0.25) is 4.98 Å². The molecule has 5 rings (SSSR count). The SMILES string of the molecule is Cc1cccc(CNc2nc(-c3ccccn3)nc3scc(-c4ccccc4)c23)c1. The first kappa shape index (κ1) is 18.5. The number of hydrogen-bond donors (Lipinski definition) is 1. The third-order valence-corrected chi connectivity index (χ3v) is 5.83. The Morgan fingerprint density at radius 2 is 1.77 bits per heavy atom. The van der Waals surface area contributed by atoms with Gasteiger partial charge < -0.3 is 5.32 Å². The zero-order valence-electron chi connectivity index (χ0n) is 16.5. The summed E-state index contributed by atoms with van der Waals surface area (Å²) in [5.74, 6) is 1.47. The van der Waals surface area contributed by atoms with E-state index in [1.807, 2.05) is 24.3 Å². The minimum Gasteiger partial charge on any atom is -0.365 e. The third kappa shape index (κ3) is 3.67. The summed E-state index contributed by atoms with van der Waals surface area (Å²) in [6.45, 7) is 2.80. The van der Waals surface area contributed by atoms with Crippen molar-refractivity contribution >= 4 is 27.4 Å². The molecule has 3 aromatic heterocycles. The van der Waals surface area contributed by atoms with Gasteiger partial charge in [0, 0.05) is 23.7 Å². The Kier molecular flexibility index (Phi) is 4.95. The van der Waals surface area contributed by atoms with Gasteiger partial charge in [0.05, 0.1) is 5.39 Å². The number of rotatable bonds is 5. The van der Waals surface area contributed by atoms with Crippen molar-refractivity contribution in [2.45, 2.75) is 13.5 Å². The molecular weight excluding hydrogens is 388 g/mol. The van der Waals surface area contributed by atoms with E-state index >= 15 is 0 Å². The van der Waals surface area contributed by atoms with E-state index in [4.69, 9.17) is 9.97 Å². The number of aryl methyl sites for hydroxylation is 1.